The molecule has 0 bridgehead atoms. The Balaban J connectivity index is 1.73. The molecule has 7 heteroatoms. The maximum Gasteiger partial charge on any atom is 0.255 e. The molecular weight excluding hydrogens is 460 g/mol. The van der Waals surface area contributed by atoms with Crippen molar-refractivity contribution in [3.05, 3.63) is 57.5 Å². The first-order chi connectivity index (χ1) is 12.5. The molecule has 5 nitrogen and oxygen atoms in total. The molecule has 0 aromatic heterocycles. The standard InChI is InChI=1S/C19H18Br2N4O/c1-13-19(18(26)23-22-13)10-24(16-6-2-14(20)3-7-16)12-25(11-19)17-8-4-15(21)5-9-17/h2-9H,10-12H2,1H3,(H,23,26). The quantitative estimate of drug-likeness (QED) is 0.711. The number of carbonyl (C=O) groups is 1. The first kappa shape index (κ1) is 17.5. The van der Waals surface area contributed by atoms with E-state index in [0.717, 1.165) is 26.0 Å². The van der Waals surface area contributed by atoms with Crippen LogP contribution in [-0.2, 0) is 4.79 Å². The van der Waals surface area contributed by atoms with Gasteiger partial charge in [0.15, 0.2) is 0 Å². The lowest BCUT2D eigenvalue weighted by Gasteiger charge is -2.46. The van der Waals surface area contributed by atoms with Crippen molar-refractivity contribution in [2.24, 2.45) is 10.5 Å². The van der Waals surface area contributed by atoms with Crippen LogP contribution in [0.2, 0.25) is 0 Å². The third-order valence-electron chi connectivity index (χ3n) is 5.10. The summed E-state index contributed by atoms with van der Waals surface area (Å²) in [4.78, 5) is 17.2. The highest BCUT2D eigenvalue weighted by atomic mass is 79.9. The Morgan fingerprint density at radius 2 is 1.38 bits per heavy atom. The monoisotopic (exact) mass is 476 g/mol. The van der Waals surface area contributed by atoms with Gasteiger partial charge in [0.25, 0.3) is 5.91 Å². The van der Waals surface area contributed by atoms with Gasteiger partial charge in [-0.15, -0.1) is 0 Å². The minimum absolute atomic E-state index is 0.0288. The van der Waals surface area contributed by atoms with Crippen LogP contribution < -0.4 is 15.2 Å². The summed E-state index contributed by atoms with van der Waals surface area (Å²) in [5.41, 5.74) is 5.04. The van der Waals surface area contributed by atoms with E-state index in [1.54, 1.807) is 0 Å². The number of amides is 1. The molecule has 134 valence electrons. The molecule has 1 saturated heterocycles. The van der Waals surface area contributed by atoms with E-state index in [1.807, 2.05) is 31.2 Å². The van der Waals surface area contributed by atoms with Crippen molar-refractivity contribution in [1.82, 2.24) is 5.43 Å². The van der Waals surface area contributed by atoms with Crippen molar-refractivity contribution in [3.8, 4) is 0 Å². The molecule has 0 radical (unpaired) electrons. The lowest BCUT2D eigenvalue weighted by molar-refractivity contribution is -0.125. The van der Waals surface area contributed by atoms with Gasteiger partial charge in [-0.05, 0) is 55.5 Å². The lowest BCUT2D eigenvalue weighted by atomic mass is 9.80. The third-order valence-corrected chi connectivity index (χ3v) is 6.16. The smallest absolute Gasteiger partial charge is 0.255 e. The number of hydrazone groups is 1. The summed E-state index contributed by atoms with van der Waals surface area (Å²) in [6, 6.07) is 16.4. The summed E-state index contributed by atoms with van der Waals surface area (Å²) in [7, 11) is 0. The number of carbonyl (C=O) groups excluding carboxylic acids is 1. The molecule has 4 rings (SSSR count). The van der Waals surface area contributed by atoms with Crippen LogP contribution in [0.25, 0.3) is 0 Å². The summed E-state index contributed by atoms with van der Waals surface area (Å²) in [5, 5.41) is 4.23. The second kappa shape index (κ2) is 6.70. The van der Waals surface area contributed by atoms with Gasteiger partial charge in [0.1, 0.15) is 5.41 Å². The summed E-state index contributed by atoms with van der Waals surface area (Å²) in [6.07, 6.45) is 0. The van der Waals surface area contributed by atoms with Crippen molar-refractivity contribution < 1.29 is 4.79 Å². The van der Waals surface area contributed by atoms with Crippen LogP contribution in [0, 0.1) is 5.41 Å². The zero-order valence-electron chi connectivity index (χ0n) is 14.2. The number of nitrogens with one attached hydrogen (secondary N) is 1. The zero-order valence-corrected chi connectivity index (χ0v) is 17.4. The Morgan fingerprint density at radius 1 is 0.923 bits per heavy atom. The molecular formula is C19H18Br2N4O. The molecule has 0 unspecified atom stereocenters. The Morgan fingerprint density at radius 3 is 1.77 bits per heavy atom. The minimum Gasteiger partial charge on any atom is -0.352 e. The SMILES string of the molecule is CC1=NNC(=O)C12CN(c1ccc(Br)cc1)CN(c1ccc(Br)cc1)C2. The minimum atomic E-state index is -0.640. The molecule has 0 saturated carbocycles. The Kier molecular flexibility index (Phi) is 4.52. The average Bonchev–Trinajstić information content (AvgIpc) is 2.90. The third kappa shape index (κ3) is 3.03. The Hall–Kier alpha value is -1.86. The first-order valence-corrected chi connectivity index (χ1v) is 9.93. The second-order valence-electron chi connectivity index (χ2n) is 6.71. The predicted molar refractivity (Wildman–Crippen MR) is 112 cm³/mol. The van der Waals surface area contributed by atoms with Crippen molar-refractivity contribution in [3.63, 3.8) is 0 Å². The maximum absolute atomic E-state index is 12.7. The fourth-order valence-electron chi connectivity index (χ4n) is 3.54. The molecule has 2 aromatic carbocycles. The molecule has 0 aliphatic carbocycles. The highest BCUT2D eigenvalue weighted by molar-refractivity contribution is 9.10. The van der Waals surface area contributed by atoms with Gasteiger partial charge in [0.05, 0.1) is 12.4 Å². The number of rotatable bonds is 2. The van der Waals surface area contributed by atoms with Gasteiger partial charge >= 0.3 is 0 Å². The van der Waals surface area contributed by atoms with Crippen LogP contribution >= 0.6 is 31.9 Å². The van der Waals surface area contributed by atoms with Crippen LogP contribution in [-0.4, -0.2) is 31.4 Å². The Bertz CT molecular complexity index is 811. The number of halogens is 2. The molecule has 2 aromatic rings. The number of anilines is 2. The van der Waals surface area contributed by atoms with Crippen molar-refractivity contribution in [2.75, 3.05) is 29.6 Å². The fraction of sp³-hybridized carbons (Fsp3) is 0.263. The van der Waals surface area contributed by atoms with Crippen LogP contribution in [0.1, 0.15) is 6.92 Å². The topological polar surface area (TPSA) is 47.9 Å². The normalized spacial score (nSPS) is 18.9. The van der Waals surface area contributed by atoms with E-state index in [1.165, 1.54) is 0 Å². The van der Waals surface area contributed by atoms with Crippen molar-refractivity contribution in [1.29, 1.82) is 0 Å². The van der Waals surface area contributed by atoms with Gasteiger partial charge < -0.3 is 9.80 Å². The van der Waals surface area contributed by atoms with Crippen LogP contribution in [0.3, 0.4) is 0 Å². The van der Waals surface area contributed by atoms with E-state index in [2.05, 4.69) is 76.5 Å². The maximum atomic E-state index is 12.7. The summed E-state index contributed by atoms with van der Waals surface area (Å²) >= 11 is 6.97. The molecule has 1 N–H and O–H groups in total. The van der Waals surface area contributed by atoms with Gasteiger partial charge in [-0.25, -0.2) is 5.43 Å². The van der Waals surface area contributed by atoms with E-state index >= 15 is 0 Å². The van der Waals surface area contributed by atoms with Gasteiger partial charge in [0.2, 0.25) is 0 Å². The molecule has 1 amide bonds. The van der Waals surface area contributed by atoms with Crippen molar-refractivity contribution >= 4 is 54.9 Å². The highest BCUT2D eigenvalue weighted by Crippen LogP contribution is 2.36. The summed E-state index contributed by atoms with van der Waals surface area (Å²) in [5.74, 6) is -0.0288. The van der Waals surface area contributed by atoms with E-state index < -0.39 is 5.41 Å². The predicted octanol–water partition coefficient (Wildman–Crippen LogP) is 3.99. The number of benzene rings is 2. The van der Waals surface area contributed by atoms with E-state index in [9.17, 15) is 4.79 Å². The molecule has 1 fully saturated rings. The van der Waals surface area contributed by atoms with E-state index in [-0.39, 0.29) is 5.91 Å². The van der Waals surface area contributed by atoms with Gasteiger partial charge in [0, 0.05) is 33.4 Å². The number of hydrogen-bond acceptors (Lipinski definition) is 4. The van der Waals surface area contributed by atoms with Gasteiger partial charge in [-0.1, -0.05) is 31.9 Å². The van der Waals surface area contributed by atoms with E-state index in [0.29, 0.717) is 19.8 Å². The fourth-order valence-corrected chi connectivity index (χ4v) is 4.07. The van der Waals surface area contributed by atoms with Crippen LogP contribution in [0.15, 0.2) is 62.6 Å². The van der Waals surface area contributed by atoms with Crippen LogP contribution in [0.5, 0.6) is 0 Å². The average molecular weight is 478 g/mol. The Labute approximate surface area is 169 Å². The van der Waals surface area contributed by atoms with E-state index in [4.69, 9.17) is 0 Å². The van der Waals surface area contributed by atoms with Crippen molar-refractivity contribution in [2.45, 2.75) is 6.92 Å². The summed E-state index contributed by atoms with van der Waals surface area (Å²) in [6.45, 7) is 3.87. The zero-order chi connectivity index (χ0) is 18.3. The second-order valence-corrected chi connectivity index (χ2v) is 8.54. The molecule has 26 heavy (non-hydrogen) atoms. The first-order valence-electron chi connectivity index (χ1n) is 8.34. The summed E-state index contributed by atoms with van der Waals surface area (Å²) < 4.78 is 2.07. The molecule has 2 aliphatic rings. The molecule has 1 spiro atoms. The number of hydrogen-bond donors (Lipinski definition) is 1. The lowest BCUT2D eigenvalue weighted by Crippen LogP contribution is -2.61. The van der Waals surface area contributed by atoms with Gasteiger partial charge in [-0.2, -0.15) is 5.10 Å². The van der Waals surface area contributed by atoms with Crippen LogP contribution in [0.4, 0.5) is 11.4 Å². The number of nitrogens with zero attached hydrogens (tertiary/aromatic N) is 3. The highest BCUT2D eigenvalue weighted by Gasteiger charge is 2.50. The van der Waals surface area contributed by atoms with Gasteiger partial charge in [-0.3, -0.25) is 4.79 Å². The largest absolute Gasteiger partial charge is 0.352 e. The molecule has 0 atom stereocenters. The molecule has 2 aliphatic heterocycles. The molecule has 2 heterocycles.